The number of rotatable bonds is 4. The molecule has 0 saturated carbocycles. The molecular formula is C10H14FNS. The number of thioether (sulfide) groups is 1. The Bertz CT molecular complexity index is 276. The lowest BCUT2D eigenvalue weighted by Crippen LogP contribution is -2.03. The molecule has 0 aliphatic heterocycles. The van der Waals surface area contributed by atoms with E-state index in [1.54, 1.807) is 24.8 Å². The summed E-state index contributed by atoms with van der Waals surface area (Å²) >= 11 is 1.77. The maximum Gasteiger partial charge on any atom is 0.128 e. The smallest absolute Gasteiger partial charge is 0.128 e. The van der Waals surface area contributed by atoms with Crippen molar-refractivity contribution in [1.82, 2.24) is 0 Å². The highest BCUT2D eigenvalue weighted by molar-refractivity contribution is 7.98. The Morgan fingerprint density at radius 1 is 1.46 bits per heavy atom. The summed E-state index contributed by atoms with van der Waals surface area (Å²) in [6.45, 7) is 2.64. The first-order valence-corrected chi connectivity index (χ1v) is 5.62. The standard InChI is InChI=1S/C10H14FNS/c1-8-3-4-9(7-10(8)11)12-5-6-13-2/h3-4,7,12H,5-6H2,1-2H3. The molecule has 1 aromatic rings. The van der Waals surface area contributed by atoms with Gasteiger partial charge in [-0.25, -0.2) is 4.39 Å². The van der Waals surface area contributed by atoms with Crippen molar-refractivity contribution in [2.24, 2.45) is 0 Å². The molecule has 1 rings (SSSR count). The summed E-state index contributed by atoms with van der Waals surface area (Å²) in [6.07, 6.45) is 2.05. The van der Waals surface area contributed by atoms with E-state index in [0.29, 0.717) is 5.56 Å². The fraction of sp³-hybridized carbons (Fsp3) is 0.400. The highest BCUT2D eigenvalue weighted by atomic mass is 32.2. The van der Waals surface area contributed by atoms with Gasteiger partial charge in [-0.15, -0.1) is 0 Å². The van der Waals surface area contributed by atoms with Gasteiger partial charge in [-0.3, -0.25) is 0 Å². The van der Waals surface area contributed by atoms with E-state index < -0.39 is 0 Å². The fourth-order valence-electron chi connectivity index (χ4n) is 1.00. The average Bonchev–Trinajstić information content (AvgIpc) is 2.12. The number of hydrogen-bond acceptors (Lipinski definition) is 2. The normalized spacial score (nSPS) is 10.1. The van der Waals surface area contributed by atoms with Crippen molar-refractivity contribution in [3.05, 3.63) is 29.6 Å². The first-order chi connectivity index (χ1) is 6.24. The van der Waals surface area contributed by atoms with Crippen molar-refractivity contribution in [3.63, 3.8) is 0 Å². The van der Waals surface area contributed by atoms with E-state index in [0.717, 1.165) is 18.0 Å². The van der Waals surface area contributed by atoms with Crippen LogP contribution >= 0.6 is 11.8 Å². The van der Waals surface area contributed by atoms with Crippen molar-refractivity contribution < 1.29 is 4.39 Å². The molecule has 0 aromatic heterocycles. The van der Waals surface area contributed by atoms with Gasteiger partial charge < -0.3 is 5.32 Å². The summed E-state index contributed by atoms with van der Waals surface area (Å²) in [5, 5.41) is 3.15. The summed E-state index contributed by atoms with van der Waals surface area (Å²) < 4.78 is 13.0. The average molecular weight is 199 g/mol. The van der Waals surface area contributed by atoms with Gasteiger partial charge in [-0.05, 0) is 30.9 Å². The van der Waals surface area contributed by atoms with Gasteiger partial charge in [0.25, 0.3) is 0 Å². The molecule has 0 aliphatic carbocycles. The topological polar surface area (TPSA) is 12.0 Å². The van der Waals surface area contributed by atoms with Gasteiger partial charge in [0, 0.05) is 18.0 Å². The number of anilines is 1. The van der Waals surface area contributed by atoms with Crippen LogP contribution in [0.1, 0.15) is 5.56 Å². The Morgan fingerprint density at radius 3 is 2.85 bits per heavy atom. The van der Waals surface area contributed by atoms with Crippen molar-refractivity contribution >= 4 is 17.4 Å². The Balaban J connectivity index is 2.53. The zero-order chi connectivity index (χ0) is 9.68. The van der Waals surface area contributed by atoms with E-state index >= 15 is 0 Å². The minimum Gasteiger partial charge on any atom is -0.384 e. The van der Waals surface area contributed by atoms with Crippen LogP contribution in [0.5, 0.6) is 0 Å². The molecule has 1 aromatic carbocycles. The largest absolute Gasteiger partial charge is 0.384 e. The number of hydrogen-bond donors (Lipinski definition) is 1. The van der Waals surface area contributed by atoms with E-state index in [9.17, 15) is 4.39 Å². The second-order valence-corrected chi connectivity index (χ2v) is 3.87. The van der Waals surface area contributed by atoms with Crippen molar-refractivity contribution in [3.8, 4) is 0 Å². The molecule has 0 amide bonds. The number of aryl methyl sites for hydroxylation is 1. The van der Waals surface area contributed by atoms with Gasteiger partial charge in [0.05, 0.1) is 0 Å². The van der Waals surface area contributed by atoms with Crippen molar-refractivity contribution in [2.75, 3.05) is 23.9 Å². The van der Waals surface area contributed by atoms with Crippen LogP contribution in [0.3, 0.4) is 0 Å². The zero-order valence-corrected chi connectivity index (χ0v) is 8.75. The van der Waals surface area contributed by atoms with Crippen LogP contribution in [-0.4, -0.2) is 18.6 Å². The van der Waals surface area contributed by atoms with Crippen LogP contribution in [0.2, 0.25) is 0 Å². The van der Waals surface area contributed by atoms with Gasteiger partial charge in [-0.2, -0.15) is 11.8 Å². The lowest BCUT2D eigenvalue weighted by Gasteiger charge is -2.05. The van der Waals surface area contributed by atoms with Crippen LogP contribution in [0.25, 0.3) is 0 Å². The summed E-state index contributed by atoms with van der Waals surface area (Å²) in [7, 11) is 0. The van der Waals surface area contributed by atoms with E-state index in [2.05, 4.69) is 11.6 Å². The molecule has 0 spiro atoms. The molecule has 0 aliphatic rings. The highest BCUT2D eigenvalue weighted by Gasteiger charge is 1.97. The van der Waals surface area contributed by atoms with Gasteiger partial charge in [-0.1, -0.05) is 6.07 Å². The lowest BCUT2D eigenvalue weighted by atomic mass is 10.2. The number of nitrogens with one attached hydrogen (secondary N) is 1. The van der Waals surface area contributed by atoms with Crippen LogP contribution in [-0.2, 0) is 0 Å². The second kappa shape index (κ2) is 5.12. The quantitative estimate of drug-likeness (QED) is 0.748. The molecule has 72 valence electrons. The minimum absolute atomic E-state index is 0.144. The van der Waals surface area contributed by atoms with E-state index in [-0.39, 0.29) is 5.82 Å². The van der Waals surface area contributed by atoms with Crippen molar-refractivity contribution in [1.29, 1.82) is 0 Å². The van der Waals surface area contributed by atoms with Gasteiger partial charge >= 0.3 is 0 Å². The Hall–Kier alpha value is -0.700. The molecule has 1 nitrogen and oxygen atoms in total. The lowest BCUT2D eigenvalue weighted by molar-refractivity contribution is 0.619. The Morgan fingerprint density at radius 2 is 2.23 bits per heavy atom. The first kappa shape index (κ1) is 10.4. The second-order valence-electron chi connectivity index (χ2n) is 2.88. The number of benzene rings is 1. The van der Waals surface area contributed by atoms with Gasteiger partial charge in [0.15, 0.2) is 0 Å². The van der Waals surface area contributed by atoms with Crippen LogP contribution in [0.15, 0.2) is 18.2 Å². The molecular weight excluding hydrogens is 185 g/mol. The molecule has 0 fully saturated rings. The van der Waals surface area contributed by atoms with Crippen LogP contribution < -0.4 is 5.32 Å². The predicted molar refractivity (Wildman–Crippen MR) is 58.0 cm³/mol. The van der Waals surface area contributed by atoms with E-state index in [4.69, 9.17) is 0 Å². The first-order valence-electron chi connectivity index (χ1n) is 4.23. The summed E-state index contributed by atoms with van der Waals surface area (Å²) in [5.41, 5.74) is 1.55. The molecule has 0 saturated heterocycles. The third-order valence-corrected chi connectivity index (χ3v) is 2.42. The molecule has 0 heterocycles. The molecule has 0 radical (unpaired) electrons. The monoisotopic (exact) mass is 199 g/mol. The van der Waals surface area contributed by atoms with Crippen molar-refractivity contribution in [2.45, 2.75) is 6.92 Å². The zero-order valence-electron chi connectivity index (χ0n) is 7.93. The third-order valence-electron chi connectivity index (χ3n) is 1.81. The molecule has 3 heteroatoms. The molecule has 13 heavy (non-hydrogen) atoms. The Labute approximate surface area is 82.7 Å². The third kappa shape index (κ3) is 3.27. The number of halogens is 1. The van der Waals surface area contributed by atoms with E-state index in [1.807, 2.05) is 6.07 Å². The predicted octanol–water partition coefficient (Wildman–Crippen LogP) is 2.91. The highest BCUT2D eigenvalue weighted by Crippen LogP contribution is 2.13. The SMILES string of the molecule is CSCCNc1ccc(C)c(F)c1. The molecule has 0 atom stereocenters. The van der Waals surface area contributed by atoms with Crippen LogP contribution in [0.4, 0.5) is 10.1 Å². The van der Waals surface area contributed by atoms with Gasteiger partial charge in [0.1, 0.15) is 5.82 Å². The summed E-state index contributed by atoms with van der Waals surface area (Å²) in [6, 6.07) is 5.23. The maximum absolute atomic E-state index is 13.0. The molecule has 0 bridgehead atoms. The molecule has 0 unspecified atom stereocenters. The summed E-state index contributed by atoms with van der Waals surface area (Å²) in [5.74, 6) is 0.893. The van der Waals surface area contributed by atoms with Gasteiger partial charge in [0.2, 0.25) is 0 Å². The molecule has 1 N–H and O–H groups in total. The van der Waals surface area contributed by atoms with Crippen LogP contribution in [0, 0.1) is 12.7 Å². The minimum atomic E-state index is -0.144. The summed E-state index contributed by atoms with van der Waals surface area (Å²) in [4.78, 5) is 0. The maximum atomic E-state index is 13.0. The fourth-order valence-corrected chi connectivity index (χ4v) is 1.31. The Kier molecular flexibility index (Phi) is 4.09. The van der Waals surface area contributed by atoms with E-state index in [1.165, 1.54) is 6.07 Å².